The zero-order valence-electron chi connectivity index (χ0n) is 18.2. The molecule has 1 aliphatic heterocycles. The first kappa shape index (κ1) is 20.8. The van der Waals surface area contributed by atoms with Gasteiger partial charge in [-0.25, -0.2) is 4.90 Å². The summed E-state index contributed by atoms with van der Waals surface area (Å²) in [4.78, 5) is 27.4. The van der Waals surface area contributed by atoms with Crippen LogP contribution in [0.3, 0.4) is 0 Å². The third kappa shape index (κ3) is 3.33. The summed E-state index contributed by atoms with van der Waals surface area (Å²) < 4.78 is 0. The number of rotatable bonds is 4. The van der Waals surface area contributed by atoms with Gasteiger partial charge in [-0.15, -0.1) is 0 Å². The quantitative estimate of drug-likeness (QED) is 0.543. The molecule has 33 heavy (non-hydrogen) atoms. The average Bonchev–Trinajstić information content (AvgIpc) is 3.09. The lowest BCUT2D eigenvalue weighted by molar-refractivity contribution is 0.0708. The van der Waals surface area contributed by atoms with Gasteiger partial charge < -0.3 is 10.2 Å². The molecule has 0 fully saturated rings. The van der Waals surface area contributed by atoms with Crippen molar-refractivity contribution in [3.05, 3.63) is 118 Å². The Morgan fingerprint density at radius 1 is 0.758 bits per heavy atom. The molecule has 3 aromatic rings. The first-order valence-electron chi connectivity index (χ1n) is 10.9. The summed E-state index contributed by atoms with van der Waals surface area (Å²) in [7, 11) is 0. The number of nitrogens with zero attached hydrogens (tertiary/aromatic N) is 1. The van der Waals surface area contributed by atoms with Crippen LogP contribution in [-0.2, 0) is 5.41 Å². The average molecular weight is 437 g/mol. The Bertz CT molecular complexity index is 1240. The lowest BCUT2D eigenvalue weighted by Crippen LogP contribution is -2.32. The standard InChI is InChI=1S/C28H23NO4/c1-28(18-9-13-22(30)14-10-18,19-11-15-23(31)16-12-19)20-5-4-6-21(17-20)29-26(32)24-7-2-3-8-25(24)27(29)33/h2-3,6-17,30-31H,4-5H2,1H3. The molecule has 5 heteroatoms. The summed E-state index contributed by atoms with van der Waals surface area (Å²) in [6.07, 6.45) is 5.29. The largest absolute Gasteiger partial charge is 0.508 e. The molecule has 3 aromatic carbocycles. The molecular formula is C28H23NO4. The molecule has 2 aliphatic rings. The first-order valence-corrected chi connectivity index (χ1v) is 10.9. The minimum atomic E-state index is -0.598. The number of carbonyl (C=O) groups excluding carboxylic acids is 2. The highest BCUT2D eigenvalue weighted by molar-refractivity contribution is 6.22. The van der Waals surface area contributed by atoms with Crippen molar-refractivity contribution in [3.63, 3.8) is 0 Å². The van der Waals surface area contributed by atoms with Crippen LogP contribution in [0.2, 0.25) is 0 Å². The second-order valence-corrected chi connectivity index (χ2v) is 8.55. The summed E-state index contributed by atoms with van der Waals surface area (Å²) in [5.74, 6) is -0.266. The van der Waals surface area contributed by atoms with E-state index in [9.17, 15) is 19.8 Å². The minimum Gasteiger partial charge on any atom is -0.508 e. The van der Waals surface area contributed by atoms with E-state index in [1.54, 1.807) is 48.5 Å². The van der Waals surface area contributed by atoms with Crippen molar-refractivity contribution in [3.8, 4) is 11.5 Å². The van der Waals surface area contributed by atoms with Crippen molar-refractivity contribution in [1.82, 2.24) is 4.90 Å². The molecule has 5 rings (SSSR count). The number of carbonyl (C=O) groups is 2. The molecule has 0 unspecified atom stereocenters. The predicted octanol–water partition coefficient (Wildman–Crippen LogP) is 5.30. The molecule has 5 nitrogen and oxygen atoms in total. The number of hydrogen-bond donors (Lipinski definition) is 2. The Hall–Kier alpha value is -4.12. The molecule has 164 valence electrons. The molecule has 0 radical (unpaired) electrons. The number of aromatic hydroxyl groups is 2. The minimum absolute atomic E-state index is 0.177. The van der Waals surface area contributed by atoms with Crippen molar-refractivity contribution in [1.29, 1.82) is 0 Å². The van der Waals surface area contributed by atoms with E-state index in [1.165, 1.54) is 4.90 Å². The lowest BCUT2D eigenvalue weighted by Gasteiger charge is -2.36. The predicted molar refractivity (Wildman–Crippen MR) is 125 cm³/mol. The van der Waals surface area contributed by atoms with Gasteiger partial charge in [0.05, 0.1) is 11.1 Å². The normalized spacial score (nSPS) is 15.8. The summed E-state index contributed by atoms with van der Waals surface area (Å²) in [5.41, 5.74) is 3.77. The van der Waals surface area contributed by atoms with Gasteiger partial charge in [0.15, 0.2) is 0 Å². The lowest BCUT2D eigenvalue weighted by atomic mass is 9.68. The van der Waals surface area contributed by atoms with E-state index >= 15 is 0 Å². The van der Waals surface area contributed by atoms with Gasteiger partial charge in [-0.2, -0.15) is 0 Å². The molecule has 1 heterocycles. The number of hydrogen-bond acceptors (Lipinski definition) is 4. The molecule has 0 saturated carbocycles. The van der Waals surface area contributed by atoms with Crippen molar-refractivity contribution >= 4 is 11.8 Å². The number of amides is 2. The van der Waals surface area contributed by atoms with E-state index in [1.807, 2.05) is 36.4 Å². The van der Waals surface area contributed by atoms with Crippen molar-refractivity contribution in [2.75, 3.05) is 0 Å². The number of allylic oxidation sites excluding steroid dienone is 3. The van der Waals surface area contributed by atoms with Crippen molar-refractivity contribution in [2.45, 2.75) is 25.2 Å². The first-order chi connectivity index (χ1) is 15.9. The Kier molecular flexibility index (Phi) is 4.90. The van der Waals surface area contributed by atoms with Gasteiger partial charge in [-0.05, 0) is 73.4 Å². The van der Waals surface area contributed by atoms with Gasteiger partial charge in [0.1, 0.15) is 11.5 Å². The molecule has 0 spiro atoms. The molecule has 0 atom stereocenters. The van der Waals surface area contributed by atoms with Crippen LogP contribution in [0.15, 0.2) is 96.2 Å². The van der Waals surface area contributed by atoms with Crippen LogP contribution in [0.4, 0.5) is 0 Å². The maximum absolute atomic E-state index is 13.1. The zero-order chi connectivity index (χ0) is 23.2. The van der Waals surface area contributed by atoms with Crippen LogP contribution in [0.25, 0.3) is 0 Å². The highest BCUT2D eigenvalue weighted by Crippen LogP contribution is 2.44. The Labute approximate surface area is 191 Å². The van der Waals surface area contributed by atoms with Crippen molar-refractivity contribution < 1.29 is 19.8 Å². The maximum Gasteiger partial charge on any atom is 0.266 e. The van der Waals surface area contributed by atoms with Crippen LogP contribution < -0.4 is 0 Å². The van der Waals surface area contributed by atoms with Gasteiger partial charge in [0, 0.05) is 11.1 Å². The number of phenolic OH excluding ortho intramolecular Hbond substituents is 2. The molecule has 1 aliphatic carbocycles. The van der Waals surface area contributed by atoms with E-state index < -0.39 is 5.41 Å². The van der Waals surface area contributed by atoms with E-state index in [0.29, 0.717) is 23.2 Å². The molecule has 2 N–H and O–H groups in total. The summed E-state index contributed by atoms with van der Waals surface area (Å²) >= 11 is 0. The van der Waals surface area contributed by atoms with Gasteiger partial charge >= 0.3 is 0 Å². The fourth-order valence-corrected chi connectivity index (χ4v) is 4.79. The topological polar surface area (TPSA) is 77.8 Å². The third-order valence-electron chi connectivity index (χ3n) is 6.67. The SMILES string of the molecule is CC(C1=CC(N2C(=O)c3ccccc3C2=O)=CCC1)(c1ccc(O)cc1)c1ccc(O)cc1. The second kappa shape index (κ2) is 7.78. The van der Waals surface area contributed by atoms with E-state index in [4.69, 9.17) is 0 Å². The summed E-state index contributed by atoms with van der Waals surface area (Å²) in [6, 6.07) is 21.0. The molecule has 0 aromatic heterocycles. The molecular weight excluding hydrogens is 414 g/mol. The van der Waals surface area contributed by atoms with Gasteiger partial charge in [-0.3, -0.25) is 9.59 Å². The van der Waals surface area contributed by atoms with Crippen LogP contribution in [0, 0.1) is 0 Å². The van der Waals surface area contributed by atoms with Crippen LogP contribution >= 0.6 is 0 Å². The number of fused-ring (bicyclic) bond motifs is 1. The Morgan fingerprint density at radius 3 is 1.73 bits per heavy atom. The van der Waals surface area contributed by atoms with Gasteiger partial charge in [-0.1, -0.05) is 48.0 Å². The van der Waals surface area contributed by atoms with E-state index in [2.05, 4.69) is 6.92 Å². The summed E-state index contributed by atoms with van der Waals surface area (Å²) in [5, 5.41) is 19.7. The van der Waals surface area contributed by atoms with Gasteiger partial charge in [0.25, 0.3) is 11.8 Å². The van der Waals surface area contributed by atoms with Crippen LogP contribution in [0.1, 0.15) is 51.6 Å². The highest BCUT2D eigenvalue weighted by Gasteiger charge is 2.39. The van der Waals surface area contributed by atoms with Crippen LogP contribution in [-0.4, -0.2) is 26.9 Å². The Balaban J connectivity index is 1.61. The van der Waals surface area contributed by atoms with Crippen LogP contribution in [0.5, 0.6) is 11.5 Å². The molecule has 0 saturated heterocycles. The number of imide groups is 1. The van der Waals surface area contributed by atoms with Gasteiger partial charge in [0.2, 0.25) is 0 Å². The fourth-order valence-electron chi connectivity index (χ4n) is 4.79. The maximum atomic E-state index is 13.1. The smallest absolute Gasteiger partial charge is 0.266 e. The second-order valence-electron chi connectivity index (χ2n) is 8.55. The zero-order valence-corrected chi connectivity index (χ0v) is 18.2. The van der Waals surface area contributed by atoms with Crippen molar-refractivity contribution in [2.24, 2.45) is 0 Å². The highest BCUT2D eigenvalue weighted by atomic mass is 16.3. The monoisotopic (exact) mass is 437 g/mol. The number of benzene rings is 3. The van der Waals surface area contributed by atoms with E-state index in [-0.39, 0.29) is 23.3 Å². The van der Waals surface area contributed by atoms with E-state index in [0.717, 1.165) is 23.1 Å². The fraction of sp³-hybridized carbons (Fsp3) is 0.143. The number of phenols is 2. The Morgan fingerprint density at radius 2 is 1.24 bits per heavy atom. The molecule has 2 amide bonds. The molecule has 0 bridgehead atoms. The third-order valence-corrected chi connectivity index (χ3v) is 6.67. The summed E-state index contributed by atoms with van der Waals surface area (Å²) in [6.45, 7) is 2.09.